The minimum atomic E-state index is 0.358. The molecule has 3 heteroatoms. The molecule has 21 heavy (non-hydrogen) atoms. The summed E-state index contributed by atoms with van der Waals surface area (Å²) in [6.07, 6.45) is 3.83. The molecular weight excluding hydrogens is 262 g/mol. The molecule has 0 spiro atoms. The van der Waals surface area contributed by atoms with E-state index in [1.54, 1.807) is 0 Å². The average Bonchev–Trinajstić information content (AvgIpc) is 3.32. The lowest BCUT2D eigenvalue weighted by atomic mass is 9.81. The van der Waals surface area contributed by atoms with Crippen LogP contribution in [0.2, 0.25) is 0 Å². The quantitative estimate of drug-likeness (QED) is 0.709. The number of ether oxygens (including phenoxy) is 2. The van der Waals surface area contributed by atoms with Crippen LogP contribution in [0.5, 0.6) is 11.5 Å². The van der Waals surface area contributed by atoms with Crippen molar-refractivity contribution in [2.24, 2.45) is 11.3 Å². The summed E-state index contributed by atoms with van der Waals surface area (Å²) in [4.78, 5) is 0. The van der Waals surface area contributed by atoms with Crippen LogP contribution >= 0.6 is 0 Å². The number of benzene rings is 1. The van der Waals surface area contributed by atoms with Crippen LogP contribution in [-0.2, 0) is 0 Å². The van der Waals surface area contributed by atoms with Crippen LogP contribution in [0, 0.1) is 11.3 Å². The summed E-state index contributed by atoms with van der Waals surface area (Å²) in [5, 5.41) is 3.51. The fourth-order valence-electron chi connectivity index (χ4n) is 2.87. The van der Waals surface area contributed by atoms with Gasteiger partial charge in [-0.15, -0.1) is 0 Å². The third-order valence-corrected chi connectivity index (χ3v) is 4.42. The van der Waals surface area contributed by atoms with Crippen LogP contribution in [0.25, 0.3) is 0 Å². The number of para-hydroxylation sites is 2. The van der Waals surface area contributed by atoms with E-state index in [0.717, 1.165) is 43.5 Å². The predicted molar refractivity (Wildman–Crippen MR) is 87.1 cm³/mol. The molecule has 1 aromatic rings. The Morgan fingerprint density at radius 1 is 1.14 bits per heavy atom. The summed E-state index contributed by atoms with van der Waals surface area (Å²) in [6.45, 7) is 10.1. The van der Waals surface area contributed by atoms with Gasteiger partial charge in [-0.05, 0) is 56.2 Å². The first-order valence-corrected chi connectivity index (χ1v) is 8.25. The summed E-state index contributed by atoms with van der Waals surface area (Å²) < 4.78 is 11.6. The third kappa shape index (κ3) is 4.63. The maximum absolute atomic E-state index is 5.99. The summed E-state index contributed by atoms with van der Waals surface area (Å²) in [5.74, 6) is 2.57. The molecule has 1 atom stereocenters. The molecule has 118 valence electrons. The molecule has 1 aliphatic rings. The Labute approximate surface area is 129 Å². The molecule has 0 radical (unpaired) electrons. The Kier molecular flexibility index (Phi) is 5.92. The van der Waals surface area contributed by atoms with Crippen molar-refractivity contribution in [1.82, 2.24) is 5.32 Å². The lowest BCUT2D eigenvalue weighted by Crippen LogP contribution is -2.35. The topological polar surface area (TPSA) is 30.5 Å². The van der Waals surface area contributed by atoms with Crippen molar-refractivity contribution in [1.29, 1.82) is 0 Å². The van der Waals surface area contributed by atoms with E-state index in [1.165, 1.54) is 12.8 Å². The molecule has 0 aliphatic heterocycles. The number of nitrogens with one attached hydrogen (secondary N) is 1. The van der Waals surface area contributed by atoms with Crippen LogP contribution in [0.1, 0.15) is 40.0 Å². The summed E-state index contributed by atoms with van der Waals surface area (Å²) >= 11 is 0. The number of hydrogen-bond acceptors (Lipinski definition) is 3. The largest absolute Gasteiger partial charge is 0.490 e. The maximum Gasteiger partial charge on any atom is 0.161 e. The molecular formula is C18H29NO2. The second-order valence-corrected chi connectivity index (χ2v) is 6.19. The van der Waals surface area contributed by atoms with E-state index in [4.69, 9.17) is 9.47 Å². The van der Waals surface area contributed by atoms with E-state index in [0.29, 0.717) is 12.0 Å². The molecule has 0 heterocycles. The molecule has 0 saturated heterocycles. The van der Waals surface area contributed by atoms with Gasteiger partial charge < -0.3 is 14.8 Å². The summed E-state index contributed by atoms with van der Waals surface area (Å²) in [5.41, 5.74) is 0.358. The van der Waals surface area contributed by atoms with Gasteiger partial charge in [0.25, 0.3) is 0 Å². The van der Waals surface area contributed by atoms with Crippen LogP contribution in [-0.4, -0.2) is 26.3 Å². The van der Waals surface area contributed by atoms with Crippen molar-refractivity contribution in [3.8, 4) is 11.5 Å². The maximum atomic E-state index is 5.99. The van der Waals surface area contributed by atoms with Gasteiger partial charge in [-0.1, -0.05) is 26.0 Å². The Balaban J connectivity index is 1.87. The standard InChI is InChI=1S/C18H29NO2/c1-4-19-14-18(3,15-10-11-15)12-13-21-17-9-7-6-8-16(17)20-5-2/h6-9,15,19H,4-5,10-14H2,1-3H3. The molecule has 1 N–H and O–H groups in total. The zero-order valence-corrected chi connectivity index (χ0v) is 13.7. The van der Waals surface area contributed by atoms with E-state index in [9.17, 15) is 0 Å². The molecule has 1 fully saturated rings. The number of rotatable bonds is 10. The molecule has 0 aromatic heterocycles. The molecule has 2 rings (SSSR count). The monoisotopic (exact) mass is 291 g/mol. The second kappa shape index (κ2) is 7.69. The summed E-state index contributed by atoms with van der Waals surface area (Å²) in [7, 11) is 0. The molecule has 0 bridgehead atoms. The van der Waals surface area contributed by atoms with Crippen molar-refractivity contribution in [2.75, 3.05) is 26.3 Å². The van der Waals surface area contributed by atoms with Crippen molar-refractivity contribution in [3.63, 3.8) is 0 Å². The van der Waals surface area contributed by atoms with Crippen LogP contribution in [0.15, 0.2) is 24.3 Å². The van der Waals surface area contributed by atoms with Crippen LogP contribution in [0.3, 0.4) is 0 Å². The van der Waals surface area contributed by atoms with E-state index in [2.05, 4.69) is 19.2 Å². The second-order valence-electron chi connectivity index (χ2n) is 6.19. The van der Waals surface area contributed by atoms with Crippen LogP contribution in [0.4, 0.5) is 0 Å². The van der Waals surface area contributed by atoms with Gasteiger partial charge in [-0.25, -0.2) is 0 Å². The fraction of sp³-hybridized carbons (Fsp3) is 0.667. The van der Waals surface area contributed by atoms with Gasteiger partial charge in [0, 0.05) is 6.54 Å². The lowest BCUT2D eigenvalue weighted by Gasteiger charge is -2.30. The molecule has 1 unspecified atom stereocenters. The first kappa shape index (κ1) is 16.2. The van der Waals surface area contributed by atoms with Gasteiger partial charge >= 0.3 is 0 Å². The Morgan fingerprint density at radius 3 is 2.38 bits per heavy atom. The first-order valence-electron chi connectivity index (χ1n) is 8.25. The highest BCUT2D eigenvalue weighted by Crippen LogP contribution is 2.47. The van der Waals surface area contributed by atoms with Gasteiger partial charge in [0.15, 0.2) is 11.5 Å². The number of hydrogen-bond donors (Lipinski definition) is 1. The highest BCUT2D eigenvalue weighted by atomic mass is 16.5. The van der Waals surface area contributed by atoms with Crippen molar-refractivity contribution >= 4 is 0 Å². The summed E-state index contributed by atoms with van der Waals surface area (Å²) in [6, 6.07) is 7.94. The predicted octanol–water partition coefficient (Wildman–Crippen LogP) is 3.88. The minimum Gasteiger partial charge on any atom is -0.490 e. The van der Waals surface area contributed by atoms with E-state index >= 15 is 0 Å². The van der Waals surface area contributed by atoms with Crippen molar-refractivity contribution < 1.29 is 9.47 Å². The van der Waals surface area contributed by atoms with E-state index in [1.807, 2.05) is 31.2 Å². The average molecular weight is 291 g/mol. The lowest BCUT2D eigenvalue weighted by molar-refractivity contribution is 0.177. The molecule has 0 amide bonds. The van der Waals surface area contributed by atoms with Gasteiger partial charge in [0.1, 0.15) is 0 Å². The van der Waals surface area contributed by atoms with Crippen molar-refractivity contribution in [3.05, 3.63) is 24.3 Å². The Hall–Kier alpha value is -1.22. The van der Waals surface area contributed by atoms with E-state index < -0.39 is 0 Å². The first-order chi connectivity index (χ1) is 10.2. The smallest absolute Gasteiger partial charge is 0.161 e. The van der Waals surface area contributed by atoms with Gasteiger partial charge in [0.05, 0.1) is 13.2 Å². The Bertz CT molecular complexity index is 431. The molecule has 1 aliphatic carbocycles. The van der Waals surface area contributed by atoms with Crippen LogP contribution < -0.4 is 14.8 Å². The van der Waals surface area contributed by atoms with E-state index in [-0.39, 0.29) is 0 Å². The highest BCUT2D eigenvalue weighted by molar-refractivity contribution is 5.39. The molecule has 1 aromatic carbocycles. The fourth-order valence-corrected chi connectivity index (χ4v) is 2.87. The van der Waals surface area contributed by atoms with Crippen molar-refractivity contribution in [2.45, 2.75) is 40.0 Å². The Morgan fingerprint density at radius 2 is 1.81 bits per heavy atom. The van der Waals surface area contributed by atoms with Gasteiger partial charge in [-0.2, -0.15) is 0 Å². The zero-order chi connectivity index (χ0) is 15.1. The molecule has 3 nitrogen and oxygen atoms in total. The normalized spacial score (nSPS) is 17.3. The molecule has 1 saturated carbocycles. The minimum absolute atomic E-state index is 0.358. The van der Waals surface area contributed by atoms with Gasteiger partial charge in [0.2, 0.25) is 0 Å². The highest BCUT2D eigenvalue weighted by Gasteiger charge is 2.40. The third-order valence-electron chi connectivity index (χ3n) is 4.42. The SMILES string of the molecule is CCNCC(C)(CCOc1ccccc1OCC)C1CC1. The zero-order valence-electron chi connectivity index (χ0n) is 13.7. The van der Waals surface area contributed by atoms with Gasteiger partial charge in [-0.3, -0.25) is 0 Å².